The van der Waals surface area contributed by atoms with Gasteiger partial charge in [-0.15, -0.1) is 0 Å². The molecule has 3 rings (SSSR count). The Balaban J connectivity index is 1.72. The third-order valence-corrected chi connectivity index (χ3v) is 5.46. The molecule has 0 aliphatic heterocycles. The fourth-order valence-corrected chi connectivity index (χ4v) is 3.75. The third kappa shape index (κ3) is 4.19. The minimum Gasteiger partial charge on any atom is -0.495 e. The number of amides is 1. The Bertz CT molecular complexity index is 1020. The zero-order valence-electron chi connectivity index (χ0n) is 13.1. The highest BCUT2D eigenvalue weighted by Gasteiger charge is 2.13. The minimum absolute atomic E-state index is 0.109. The van der Waals surface area contributed by atoms with Crippen molar-refractivity contribution < 1.29 is 9.53 Å². The van der Waals surface area contributed by atoms with E-state index in [0.717, 1.165) is 4.70 Å². The second-order valence-corrected chi connectivity index (χ2v) is 7.67. The second kappa shape index (κ2) is 7.94. The van der Waals surface area contributed by atoms with Crippen LogP contribution in [0.2, 0.25) is 15.1 Å². The Hall–Kier alpha value is -1.64. The maximum absolute atomic E-state index is 12.2. The molecule has 0 aliphatic rings. The number of benzene rings is 2. The van der Waals surface area contributed by atoms with Crippen molar-refractivity contribution in [2.45, 2.75) is 0 Å². The summed E-state index contributed by atoms with van der Waals surface area (Å²) in [5, 5.41) is 7.19. The summed E-state index contributed by atoms with van der Waals surface area (Å²) in [5.41, 5.74) is 1.03. The van der Waals surface area contributed by atoms with Crippen LogP contribution in [0.25, 0.3) is 10.2 Å². The summed E-state index contributed by atoms with van der Waals surface area (Å²) >= 11 is 24.4. The average Bonchev–Trinajstić information content (AvgIpc) is 2.96. The SMILES string of the molecule is COc1cc2sc(NC(=S)NC(=O)c3ccc(Cl)c(Cl)c3)nc2cc1Cl. The van der Waals surface area contributed by atoms with Crippen LogP contribution in [0, 0.1) is 0 Å². The van der Waals surface area contributed by atoms with E-state index in [1.165, 1.54) is 17.4 Å². The van der Waals surface area contributed by atoms with Gasteiger partial charge in [0.25, 0.3) is 5.91 Å². The first-order valence-electron chi connectivity index (χ1n) is 7.09. The largest absolute Gasteiger partial charge is 0.495 e. The molecular weight excluding hydrogens is 437 g/mol. The number of nitrogens with one attached hydrogen (secondary N) is 2. The summed E-state index contributed by atoms with van der Waals surface area (Å²) in [4.78, 5) is 16.6. The van der Waals surface area contributed by atoms with Gasteiger partial charge in [-0.2, -0.15) is 0 Å². The highest BCUT2D eigenvalue weighted by molar-refractivity contribution is 7.80. The zero-order chi connectivity index (χ0) is 18.8. The molecule has 3 aromatic rings. The fraction of sp³-hybridized carbons (Fsp3) is 0.0625. The molecule has 26 heavy (non-hydrogen) atoms. The summed E-state index contributed by atoms with van der Waals surface area (Å²) in [6.45, 7) is 0. The smallest absolute Gasteiger partial charge is 0.257 e. The molecule has 0 saturated carbocycles. The van der Waals surface area contributed by atoms with Crippen molar-refractivity contribution in [3.63, 3.8) is 0 Å². The van der Waals surface area contributed by atoms with Crippen LogP contribution >= 0.6 is 58.4 Å². The van der Waals surface area contributed by atoms with Gasteiger partial charge in [0.05, 0.1) is 32.4 Å². The molecule has 0 aliphatic carbocycles. The van der Waals surface area contributed by atoms with E-state index >= 15 is 0 Å². The Labute approximate surface area is 173 Å². The number of carbonyl (C=O) groups is 1. The number of ether oxygens (including phenoxy) is 1. The van der Waals surface area contributed by atoms with Crippen LogP contribution in [0.1, 0.15) is 10.4 Å². The van der Waals surface area contributed by atoms with Crippen molar-refractivity contribution in [1.82, 2.24) is 10.3 Å². The lowest BCUT2D eigenvalue weighted by molar-refractivity contribution is 0.0977. The zero-order valence-corrected chi connectivity index (χ0v) is 17.0. The van der Waals surface area contributed by atoms with E-state index in [9.17, 15) is 4.79 Å². The van der Waals surface area contributed by atoms with Crippen LogP contribution in [-0.2, 0) is 0 Å². The lowest BCUT2D eigenvalue weighted by atomic mass is 10.2. The molecule has 1 amide bonds. The van der Waals surface area contributed by atoms with E-state index in [0.29, 0.717) is 32.0 Å². The van der Waals surface area contributed by atoms with Crippen molar-refractivity contribution in [3.8, 4) is 5.75 Å². The van der Waals surface area contributed by atoms with E-state index in [4.69, 9.17) is 51.8 Å². The fourth-order valence-electron chi connectivity index (χ4n) is 2.08. The number of thiazole rings is 1. The van der Waals surface area contributed by atoms with Gasteiger partial charge in [-0.1, -0.05) is 46.1 Å². The summed E-state index contributed by atoms with van der Waals surface area (Å²) in [6.07, 6.45) is 0. The molecular formula is C16H10Cl3N3O2S2. The number of fused-ring (bicyclic) bond motifs is 1. The predicted octanol–water partition coefficient (Wildman–Crippen LogP) is 5.39. The first-order chi connectivity index (χ1) is 12.4. The molecule has 1 heterocycles. The highest BCUT2D eigenvalue weighted by Crippen LogP contribution is 2.34. The molecule has 0 atom stereocenters. The highest BCUT2D eigenvalue weighted by atomic mass is 35.5. The predicted molar refractivity (Wildman–Crippen MR) is 111 cm³/mol. The summed E-state index contributed by atoms with van der Waals surface area (Å²) in [6, 6.07) is 8.05. The number of hydrogen-bond acceptors (Lipinski definition) is 5. The van der Waals surface area contributed by atoms with Gasteiger partial charge in [0.15, 0.2) is 10.2 Å². The molecule has 0 fully saturated rings. The number of carbonyl (C=O) groups excluding carboxylic acids is 1. The number of anilines is 1. The monoisotopic (exact) mass is 445 g/mol. The standard InChI is InChI=1S/C16H10Cl3N3O2S2/c1-24-12-6-13-11(5-10(12)19)20-16(26-13)22-15(25)21-14(23)7-2-3-8(17)9(18)4-7/h2-6H,1H3,(H2,20,21,22,23,25). The molecule has 2 N–H and O–H groups in total. The minimum atomic E-state index is -0.410. The molecule has 0 saturated heterocycles. The van der Waals surface area contributed by atoms with Gasteiger partial charge in [0, 0.05) is 11.6 Å². The number of nitrogens with zero attached hydrogens (tertiary/aromatic N) is 1. The van der Waals surface area contributed by atoms with Crippen LogP contribution in [0.15, 0.2) is 30.3 Å². The lowest BCUT2D eigenvalue weighted by Crippen LogP contribution is -2.34. The Morgan fingerprint density at radius 1 is 1.15 bits per heavy atom. The van der Waals surface area contributed by atoms with Gasteiger partial charge >= 0.3 is 0 Å². The maximum Gasteiger partial charge on any atom is 0.257 e. The average molecular weight is 447 g/mol. The second-order valence-electron chi connectivity index (χ2n) is 5.01. The van der Waals surface area contributed by atoms with Crippen molar-refractivity contribution in [2.75, 3.05) is 12.4 Å². The summed E-state index contributed by atoms with van der Waals surface area (Å²) in [5.74, 6) is 0.150. The number of rotatable bonds is 3. The van der Waals surface area contributed by atoms with E-state index in [-0.39, 0.29) is 10.1 Å². The Kier molecular flexibility index (Phi) is 5.84. The maximum atomic E-state index is 12.2. The number of halogens is 3. The van der Waals surface area contributed by atoms with E-state index in [1.807, 2.05) is 0 Å². The van der Waals surface area contributed by atoms with Crippen LogP contribution < -0.4 is 15.4 Å². The number of hydrogen-bond donors (Lipinski definition) is 2. The van der Waals surface area contributed by atoms with Crippen LogP contribution in [0.5, 0.6) is 5.75 Å². The Morgan fingerprint density at radius 3 is 2.62 bits per heavy atom. The van der Waals surface area contributed by atoms with Crippen molar-refractivity contribution in [3.05, 3.63) is 51.0 Å². The number of methoxy groups -OCH3 is 1. The first kappa shape index (κ1) is 19.1. The molecule has 0 radical (unpaired) electrons. The first-order valence-corrected chi connectivity index (χ1v) is 9.44. The van der Waals surface area contributed by atoms with Gasteiger partial charge in [-0.3, -0.25) is 10.1 Å². The molecule has 0 unspecified atom stereocenters. The van der Waals surface area contributed by atoms with Gasteiger partial charge < -0.3 is 10.1 Å². The van der Waals surface area contributed by atoms with Crippen LogP contribution in [0.3, 0.4) is 0 Å². The van der Waals surface area contributed by atoms with E-state index in [2.05, 4.69) is 15.6 Å². The number of thiocarbonyl (C=S) groups is 1. The van der Waals surface area contributed by atoms with E-state index in [1.54, 1.807) is 31.4 Å². The van der Waals surface area contributed by atoms with Crippen molar-refractivity contribution in [1.29, 1.82) is 0 Å². The molecule has 10 heteroatoms. The van der Waals surface area contributed by atoms with Crippen LogP contribution in [0.4, 0.5) is 5.13 Å². The van der Waals surface area contributed by atoms with Gasteiger partial charge in [0.2, 0.25) is 0 Å². The summed E-state index contributed by atoms with van der Waals surface area (Å²) < 4.78 is 6.05. The Morgan fingerprint density at radius 2 is 1.92 bits per heavy atom. The molecule has 2 aromatic carbocycles. The normalized spacial score (nSPS) is 10.6. The van der Waals surface area contributed by atoms with Gasteiger partial charge in [0.1, 0.15) is 5.75 Å². The van der Waals surface area contributed by atoms with Crippen molar-refractivity contribution in [2.24, 2.45) is 0 Å². The van der Waals surface area contributed by atoms with Gasteiger partial charge in [-0.25, -0.2) is 4.98 Å². The van der Waals surface area contributed by atoms with Crippen LogP contribution in [-0.4, -0.2) is 23.1 Å². The quantitative estimate of drug-likeness (QED) is 0.528. The van der Waals surface area contributed by atoms with E-state index < -0.39 is 5.91 Å². The van der Waals surface area contributed by atoms with Gasteiger partial charge in [-0.05, 0) is 36.5 Å². The molecule has 134 valence electrons. The topological polar surface area (TPSA) is 63.2 Å². The molecule has 0 bridgehead atoms. The number of aromatic nitrogens is 1. The van der Waals surface area contributed by atoms with Crippen molar-refractivity contribution >= 4 is 84.7 Å². The lowest BCUT2D eigenvalue weighted by Gasteiger charge is -2.07. The molecule has 5 nitrogen and oxygen atoms in total. The molecule has 0 spiro atoms. The third-order valence-electron chi connectivity index (χ3n) is 3.29. The molecule has 1 aromatic heterocycles. The summed E-state index contributed by atoms with van der Waals surface area (Å²) in [7, 11) is 1.54.